The average Bonchev–Trinajstić information content (AvgIpc) is 2.47. The van der Waals surface area contributed by atoms with E-state index in [0.717, 1.165) is 23.4 Å². The minimum Gasteiger partial charge on any atom is -0.494 e. The van der Waals surface area contributed by atoms with Crippen molar-refractivity contribution in [2.75, 3.05) is 18.5 Å². The first kappa shape index (κ1) is 18.3. The molecule has 0 aliphatic rings. The first-order valence-electron chi connectivity index (χ1n) is 7.89. The third kappa shape index (κ3) is 5.93. The normalized spacial score (nSPS) is 12.1. The Morgan fingerprint density at radius 1 is 1.36 bits per heavy atom. The Morgan fingerprint density at radius 3 is 2.64 bits per heavy atom. The zero-order chi connectivity index (χ0) is 16.5. The molecule has 0 heterocycles. The van der Waals surface area contributed by atoms with Crippen molar-refractivity contribution >= 4 is 11.7 Å². The summed E-state index contributed by atoms with van der Waals surface area (Å²) in [4.78, 5) is 12.1. The summed E-state index contributed by atoms with van der Waals surface area (Å²) in [6.07, 6.45) is 1.51. The second-order valence-corrected chi connectivity index (χ2v) is 5.79. The van der Waals surface area contributed by atoms with Gasteiger partial charge < -0.3 is 20.5 Å². The lowest BCUT2D eigenvalue weighted by Gasteiger charge is -2.22. The quantitative estimate of drug-likeness (QED) is 0.690. The molecule has 0 aliphatic carbocycles. The molecule has 22 heavy (non-hydrogen) atoms. The molecule has 0 bridgehead atoms. The highest BCUT2D eigenvalue weighted by atomic mass is 16.5. The number of aliphatic hydroxyl groups excluding tert-OH is 1. The third-order valence-corrected chi connectivity index (χ3v) is 3.48. The molecule has 3 N–H and O–H groups in total. The number of nitrogens with one attached hydrogen (secondary N) is 2. The van der Waals surface area contributed by atoms with Crippen LogP contribution in [0.3, 0.4) is 0 Å². The molecule has 1 aromatic carbocycles. The first-order chi connectivity index (χ1) is 10.5. The number of anilines is 1. The van der Waals surface area contributed by atoms with E-state index in [1.54, 1.807) is 0 Å². The topological polar surface area (TPSA) is 70.6 Å². The summed E-state index contributed by atoms with van der Waals surface area (Å²) >= 11 is 0. The smallest absolute Gasteiger partial charge is 0.319 e. The SMILES string of the molecule is CCCOc1ccc(NC(=O)NC(CCO)C(C)C)c(C)c1. The minimum atomic E-state index is -0.252. The highest BCUT2D eigenvalue weighted by molar-refractivity contribution is 5.90. The van der Waals surface area contributed by atoms with Crippen LogP contribution >= 0.6 is 0 Å². The van der Waals surface area contributed by atoms with E-state index < -0.39 is 0 Å². The number of aliphatic hydroxyl groups is 1. The van der Waals surface area contributed by atoms with Gasteiger partial charge in [-0.25, -0.2) is 4.79 Å². The maximum absolute atomic E-state index is 12.1. The number of amides is 2. The average molecular weight is 308 g/mol. The van der Waals surface area contributed by atoms with E-state index in [9.17, 15) is 4.79 Å². The summed E-state index contributed by atoms with van der Waals surface area (Å²) in [7, 11) is 0. The maximum atomic E-state index is 12.1. The van der Waals surface area contributed by atoms with Crippen LogP contribution in [0.25, 0.3) is 0 Å². The third-order valence-electron chi connectivity index (χ3n) is 3.48. The molecular formula is C17H28N2O3. The Balaban J connectivity index is 2.63. The molecule has 0 fully saturated rings. The fourth-order valence-corrected chi connectivity index (χ4v) is 2.12. The highest BCUT2D eigenvalue weighted by Crippen LogP contribution is 2.21. The van der Waals surface area contributed by atoms with Crippen LogP contribution in [0, 0.1) is 12.8 Å². The van der Waals surface area contributed by atoms with Crippen molar-refractivity contribution < 1.29 is 14.6 Å². The lowest BCUT2D eigenvalue weighted by molar-refractivity contribution is 0.227. The van der Waals surface area contributed by atoms with E-state index in [0.29, 0.717) is 13.0 Å². The number of urea groups is 1. The van der Waals surface area contributed by atoms with Crippen molar-refractivity contribution in [3.8, 4) is 5.75 Å². The number of aryl methyl sites for hydroxylation is 1. The second-order valence-electron chi connectivity index (χ2n) is 5.79. The molecule has 1 aromatic rings. The van der Waals surface area contributed by atoms with Crippen LogP contribution in [-0.4, -0.2) is 30.4 Å². The van der Waals surface area contributed by atoms with Gasteiger partial charge in [0.25, 0.3) is 0 Å². The number of carbonyl (C=O) groups excluding carboxylic acids is 1. The lowest BCUT2D eigenvalue weighted by atomic mass is 10.0. The lowest BCUT2D eigenvalue weighted by Crippen LogP contribution is -2.41. The Morgan fingerprint density at radius 2 is 2.09 bits per heavy atom. The van der Waals surface area contributed by atoms with Crippen molar-refractivity contribution in [2.24, 2.45) is 5.92 Å². The zero-order valence-electron chi connectivity index (χ0n) is 14.0. The molecular weight excluding hydrogens is 280 g/mol. The molecule has 0 saturated carbocycles. The molecule has 5 heteroatoms. The van der Waals surface area contributed by atoms with Crippen LogP contribution in [-0.2, 0) is 0 Å². The second kappa shape index (κ2) is 9.30. The van der Waals surface area contributed by atoms with Gasteiger partial charge in [-0.1, -0.05) is 20.8 Å². The zero-order valence-corrected chi connectivity index (χ0v) is 14.0. The van der Waals surface area contributed by atoms with Gasteiger partial charge in [0.2, 0.25) is 0 Å². The molecule has 1 unspecified atom stereocenters. The molecule has 0 aliphatic heterocycles. The van der Waals surface area contributed by atoms with Crippen LogP contribution < -0.4 is 15.4 Å². The number of benzene rings is 1. The van der Waals surface area contributed by atoms with E-state index in [2.05, 4.69) is 17.6 Å². The molecule has 124 valence electrons. The Hall–Kier alpha value is -1.75. The van der Waals surface area contributed by atoms with Crippen LogP contribution in [0.15, 0.2) is 18.2 Å². The summed E-state index contributed by atoms with van der Waals surface area (Å²) in [6, 6.07) is 5.32. The van der Waals surface area contributed by atoms with Crippen LogP contribution in [0.2, 0.25) is 0 Å². The van der Waals surface area contributed by atoms with Crippen molar-refractivity contribution in [3.63, 3.8) is 0 Å². The summed E-state index contributed by atoms with van der Waals surface area (Å²) < 4.78 is 5.57. The van der Waals surface area contributed by atoms with Gasteiger partial charge in [0, 0.05) is 18.3 Å². The molecule has 0 saturated heterocycles. The van der Waals surface area contributed by atoms with E-state index in [1.807, 2.05) is 39.0 Å². The Labute approximate surface area is 133 Å². The van der Waals surface area contributed by atoms with Gasteiger partial charge >= 0.3 is 6.03 Å². The maximum Gasteiger partial charge on any atom is 0.319 e. The molecule has 1 atom stereocenters. The van der Waals surface area contributed by atoms with Gasteiger partial charge in [-0.3, -0.25) is 0 Å². The predicted molar refractivity (Wildman–Crippen MR) is 89.4 cm³/mol. The minimum absolute atomic E-state index is 0.0440. The predicted octanol–water partition coefficient (Wildman–Crippen LogP) is 3.31. The van der Waals surface area contributed by atoms with Gasteiger partial charge in [0.15, 0.2) is 0 Å². The number of ether oxygens (including phenoxy) is 1. The van der Waals surface area contributed by atoms with Crippen LogP contribution in [0.1, 0.15) is 39.2 Å². The molecule has 0 spiro atoms. The number of hydrogen-bond acceptors (Lipinski definition) is 3. The van der Waals surface area contributed by atoms with Crippen LogP contribution in [0.5, 0.6) is 5.75 Å². The first-order valence-corrected chi connectivity index (χ1v) is 7.89. The van der Waals surface area contributed by atoms with E-state index in [4.69, 9.17) is 9.84 Å². The highest BCUT2D eigenvalue weighted by Gasteiger charge is 2.16. The molecule has 1 rings (SSSR count). The fourth-order valence-electron chi connectivity index (χ4n) is 2.12. The molecule has 0 aromatic heterocycles. The number of hydrogen-bond donors (Lipinski definition) is 3. The molecule has 5 nitrogen and oxygen atoms in total. The largest absolute Gasteiger partial charge is 0.494 e. The van der Waals surface area contributed by atoms with Gasteiger partial charge in [-0.2, -0.15) is 0 Å². The molecule has 2 amide bonds. The number of rotatable bonds is 8. The summed E-state index contributed by atoms with van der Waals surface area (Å²) in [5.74, 6) is 1.08. The van der Waals surface area contributed by atoms with Crippen LogP contribution in [0.4, 0.5) is 10.5 Å². The van der Waals surface area contributed by atoms with Gasteiger partial charge in [-0.05, 0) is 49.4 Å². The van der Waals surface area contributed by atoms with E-state index >= 15 is 0 Å². The van der Waals surface area contributed by atoms with E-state index in [-0.39, 0.29) is 24.6 Å². The molecule has 0 radical (unpaired) electrons. The standard InChI is InChI=1S/C17H28N2O3/c1-5-10-22-14-6-7-16(13(4)11-14)19-17(21)18-15(8-9-20)12(2)3/h6-7,11-12,15,20H,5,8-10H2,1-4H3,(H2,18,19,21). The number of carbonyl (C=O) groups is 1. The van der Waals surface area contributed by atoms with Gasteiger partial charge in [0.05, 0.1) is 6.61 Å². The van der Waals surface area contributed by atoms with Gasteiger partial charge in [0.1, 0.15) is 5.75 Å². The van der Waals surface area contributed by atoms with Crippen molar-refractivity contribution in [3.05, 3.63) is 23.8 Å². The fraction of sp³-hybridized carbons (Fsp3) is 0.588. The van der Waals surface area contributed by atoms with Crippen molar-refractivity contribution in [1.82, 2.24) is 5.32 Å². The monoisotopic (exact) mass is 308 g/mol. The van der Waals surface area contributed by atoms with Crippen molar-refractivity contribution in [1.29, 1.82) is 0 Å². The summed E-state index contributed by atoms with van der Waals surface area (Å²) in [6.45, 7) is 8.78. The van der Waals surface area contributed by atoms with Gasteiger partial charge in [-0.15, -0.1) is 0 Å². The summed E-state index contributed by atoms with van der Waals surface area (Å²) in [5.41, 5.74) is 1.71. The van der Waals surface area contributed by atoms with Crippen molar-refractivity contribution in [2.45, 2.75) is 46.6 Å². The Kier molecular flexibility index (Phi) is 7.74. The Bertz CT molecular complexity index is 475. The van der Waals surface area contributed by atoms with E-state index in [1.165, 1.54) is 0 Å². The summed E-state index contributed by atoms with van der Waals surface area (Å²) in [5, 5.41) is 14.8.